The zero-order valence-electron chi connectivity index (χ0n) is 18.5. The first kappa shape index (κ1) is 21.7. The minimum Gasteiger partial charge on any atom is -0.481 e. The third-order valence-corrected chi connectivity index (χ3v) is 9.30. The Balaban J connectivity index is 1.25. The number of alkyl halides is 3. The van der Waals surface area contributed by atoms with E-state index in [2.05, 4.69) is 5.32 Å². The Bertz CT molecular complexity index is 1330. The number of rotatable bonds is 6. The molecule has 0 saturated heterocycles. The van der Waals surface area contributed by atoms with E-state index < -0.39 is 23.1 Å². The van der Waals surface area contributed by atoms with Gasteiger partial charge in [-0.3, -0.25) is 9.59 Å². The number of fused-ring (bicyclic) bond motifs is 1. The van der Waals surface area contributed by atoms with E-state index in [0.29, 0.717) is 36.9 Å². The minimum atomic E-state index is -4.38. The molecular formula is C25H23F3N2O3S. The highest BCUT2D eigenvalue weighted by molar-refractivity contribution is 7.19. The fourth-order valence-corrected chi connectivity index (χ4v) is 7.36. The molecule has 0 atom stereocenters. The highest BCUT2D eigenvalue weighted by atomic mass is 32.1. The van der Waals surface area contributed by atoms with Gasteiger partial charge in [-0.25, -0.2) is 0 Å². The fraction of sp³-hybridized carbons (Fsp3) is 0.440. The molecule has 4 aliphatic rings. The van der Waals surface area contributed by atoms with Gasteiger partial charge in [0, 0.05) is 23.2 Å². The first-order valence-electron chi connectivity index (χ1n) is 11.3. The summed E-state index contributed by atoms with van der Waals surface area (Å²) in [6, 6.07) is 7.01. The van der Waals surface area contributed by atoms with Crippen LogP contribution in [0.15, 0.2) is 36.5 Å². The third kappa shape index (κ3) is 2.92. The molecule has 4 saturated carbocycles. The van der Waals surface area contributed by atoms with Gasteiger partial charge in [0.25, 0.3) is 5.91 Å². The minimum absolute atomic E-state index is 0.0910. The van der Waals surface area contributed by atoms with Crippen molar-refractivity contribution in [2.75, 3.05) is 0 Å². The molecule has 3 aromatic rings. The normalized spacial score (nSPS) is 26.6. The summed E-state index contributed by atoms with van der Waals surface area (Å²) in [7, 11) is 0. The molecule has 2 N–H and O–H groups in total. The van der Waals surface area contributed by atoms with Crippen molar-refractivity contribution in [2.24, 2.45) is 10.8 Å². The Morgan fingerprint density at radius 2 is 1.76 bits per heavy atom. The Hall–Kier alpha value is -2.81. The van der Waals surface area contributed by atoms with Crippen molar-refractivity contribution < 1.29 is 27.9 Å². The number of carbonyl (C=O) groups excluding carboxylic acids is 1. The summed E-state index contributed by atoms with van der Waals surface area (Å²) in [6.07, 6.45) is 1.13. The lowest BCUT2D eigenvalue weighted by molar-refractivity contribution is -0.236. The van der Waals surface area contributed by atoms with Gasteiger partial charge >= 0.3 is 12.1 Å². The van der Waals surface area contributed by atoms with E-state index in [4.69, 9.17) is 0 Å². The Labute approximate surface area is 197 Å². The van der Waals surface area contributed by atoms with Crippen molar-refractivity contribution in [2.45, 2.75) is 57.3 Å². The number of carbonyl (C=O) groups is 2. The summed E-state index contributed by atoms with van der Waals surface area (Å²) in [5.41, 5.74) is 0.431. The molecule has 9 heteroatoms. The van der Waals surface area contributed by atoms with E-state index in [-0.39, 0.29) is 16.9 Å². The molecule has 0 aliphatic heterocycles. The Morgan fingerprint density at radius 1 is 1.12 bits per heavy atom. The molecular weight excluding hydrogens is 465 g/mol. The maximum atomic E-state index is 13.5. The molecule has 4 aliphatic carbocycles. The summed E-state index contributed by atoms with van der Waals surface area (Å²) in [5, 5.41) is 12.7. The molecule has 0 unspecified atom stereocenters. The van der Waals surface area contributed by atoms with Crippen LogP contribution in [0.5, 0.6) is 0 Å². The van der Waals surface area contributed by atoms with Crippen LogP contribution in [0.2, 0.25) is 0 Å². The van der Waals surface area contributed by atoms with Crippen LogP contribution in [-0.4, -0.2) is 27.1 Å². The second-order valence-electron chi connectivity index (χ2n) is 10.3. The molecule has 0 spiro atoms. The number of nitrogens with one attached hydrogen (secondary N) is 1. The number of hydrogen-bond donors (Lipinski definition) is 2. The number of aromatic nitrogens is 1. The van der Waals surface area contributed by atoms with E-state index in [1.165, 1.54) is 23.5 Å². The number of aliphatic carboxylic acids is 1. The standard InChI is InChI=1S/C25H23F3N2O3S/c1-14-18(20(31)29-24(7-8-24)23-11-22(12-23,13-23)21(32)33)19-17(34-14)6-9-30(19)10-15-2-4-16(5-3-15)25(26,27)28/h2-6,9H,7-8,10-13H2,1H3,(H,29,31)(H,32,33). The van der Waals surface area contributed by atoms with Crippen molar-refractivity contribution in [3.63, 3.8) is 0 Å². The lowest BCUT2D eigenvalue weighted by atomic mass is 9.32. The van der Waals surface area contributed by atoms with Crippen molar-refractivity contribution in [1.29, 1.82) is 0 Å². The smallest absolute Gasteiger partial charge is 0.416 e. The molecule has 1 amide bonds. The molecule has 7 rings (SSSR count). The average molecular weight is 489 g/mol. The van der Waals surface area contributed by atoms with Gasteiger partial charge in [-0.05, 0) is 68.2 Å². The quantitative estimate of drug-likeness (QED) is 0.475. The van der Waals surface area contributed by atoms with E-state index in [1.54, 1.807) is 0 Å². The summed E-state index contributed by atoms with van der Waals surface area (Å²) in [6.45, 7) is 2.26. The third-order valence-electron chi connectivity index (χ3n) is 8.24. The predicted octanol–water partition coefficient (Wildman–Crippen LogP) is 5.60. The largest absolute Gasteiger partial charge is 0.481 e. The van der Waals surface area contributed by atoms with Crippen LogP contribution in [0.25, 0.3) is 10.2 Å². The second kappa shape index (κ2) is 6.65. The zero-order valence-corrected chi connectivity index (χ0v) is 19.3. The van der Waals surface area contributed by atoms with Crippen molar-refractivity contribution >= 4 is 33.4 Å². The molecule has 2 aromatic heterocycles. The van der Waals surface area contributed by atoms with Gasteiger partial charge in [0.05, 0.1) is 26.8 Å². The first-order valence-corrected chi connectivity index (χ1v) is 12.1. The van der Waals surface area contributed by atoms with Gasteiger partial charge < -0.3 is 15.0 Å². The topological polar surface area (TPSA) is 71.3 Å². The zero-order chi connectivity index (χ0) is 24.1. The van der Waals surface area contributed by atoms with Gasteiger partial charge in [-0.15, -0.1) is 11.3 Å². The molecule has 34 heavy (non-hydrogen) atoms. The maximum absolute atomic E-state index is 13.5. The van der Waals surface area contributed by atoms with Crippen molar-refractivity contribution in [1.82, 2.24) is 9.88 Å². The number of aryl methyl sites for hydroxylation is 1. The van der Waals surface area contributed by atoms with Crippen LogP contribution in [0, 0.1) is 17.8 Å². The monoisotopic (exact) mass is 488 g/mol. The first-order chi connectivity index (χ1) is 16.0. The van der Waals surface area contributed by atoms with Gasteiger partial charge in [-0.1, -0.05) is 12.1 Å². The molecule has 178 valence electrons. The number of carboxylic acid groups (broad SMARTS) is 1. The van der Waals surface area contributed by atoms with Gasteiger partial charge in [0.1, 0.15) is 0 Å². The molecule has 2 bridgehead atoms. The van der Waals surface area contributed by atoms with Crippen LogP contribution < -0.4 is 5.32 Å². The van der Waals surface area contributed by atoms with E-state index in [1.807, 2.05) is 23.8 Å². The number of hydrogen-bond acceptors (Lipinski definition) is 3. The fourth-order valence-electron chi connectivity index (χ4n) is 6.29. The van der Waals surface area contributed by atoms with E-state index in [9.17, 15) is 27.9 Å². The highest BCUT2D eigenvalue weighted by Gasteiger charge is 2.81. The second-order valence-corrected chi connectivity index (χ2v) is 11.6. The van der Waals surface area contributed by atoms with Gasteiger partial charge in [-0.2, -0.15) is 13.2 Å². The Morgan fingerprint density at radius 3 is 2.32 bits per heavy atom. The summed E-state index contributed by atoms with van der Waals surface area (Å²) >= 11 is 1.52. The number of halogens is 3. The predicted molar refractivity (Wildman–Crippen MR) is 121 cm³/mol. The summed E-state index contributed by atoms with van der Waals surface area (Å²) < 4.78 is 41.5. The molecule has 2 heterocycles. The number of benzene rings is 1. The van der Waals surface area contributed by atoms with Crippen LogP contribution in [0.3, 0.4) is 0 Å². The lowest BCUT2D eigenvalue weighted by Gasteiger charge is -2.71. The van der Waals surface area contributed by atoms with E-state index >= 15 is 0 Å². The lowest BCUT2D eigenvalue weighted by Crippen LogP contribution is -2.73. The van der Waals surface area contributed by atoms with Gasteiger partial charge in [0.2, 0.25) is 0 Å². The number of thiophene rings is 1. The highest BCUT2D eigenvalue weighted by Crippen LogP contribution is 2.81. The van der Waals surface area contributed by atoms with Gasteiger partial charge in [0.15, 0.2) is 0 Å². The number of nitrogens with zero attached hydrogens (tertiary/aromatic N) is 1. The SMILES string of the molecule is Cc1sc2ccn(Cc3ccc(C(F)(F)F)cc3)c2c1C(=O)NC1(C23CC(C(=O)O)(C2)C3)CC1. The molecule has 4 fully saturated rings. The van der Waals surface area contributed by atoms with Crippen LogP contribution in [0.1, 0.15) is 58.5 Å². The number of carboxylic acids is 1. The average Bonchev–Trinajstić information content (AvgIpc) is 3.22. The summed E-state index contributed by atoms with van der Waals surface area (Å²) in [4.78, 5) is 25.9. The van der Waals surface area contributed by atoms with Crippen molar-refractivity contribution in [3.8, 4) is 0 Å². The molecule has 0 radical (unpaired) electrons. The summed E-state index contributed by atoms with van der Waals surface area (Å²) in [5.74, 6) is -0.879. The number of amides is 1. The van der Waals surface area contributed by atoms with Crippen LogP contribution in [-0.2, 0) is 17.5 Å². The van der Waals surface area contributed by atoms with Crippen molar-refractivity contribution in [3.05, 3.63) is 58.1 Å². The Kier molecular flexibility index (Phi) is 4.25. The van der Waals surface area contributed by atoms with E-state index in [0.717, 1.165) is 40.1 Å². The van der Waals surface area contributed by atoms with Crippen LogP contribution >= 0.6 is 11.3 Å². The maximum Gasteiger partial charge on any atom is 0.416 e. The van der Waals surface area contributed by atoms with Crippen LogP contribution in [0.4, 0.5) is 13.2 Å². The molecule has 5 nitrogen and oxygen atoms in total. The molecule has 1 aromatic carbocycles.